The molecule has 4 heteroatoms. The van der Waals surface area contributed by atoms with Crippen molar-refractivity contribution in [3.63, 3.8) is 0 Å². The highest BCUT2D eigenvalue weighted by atomic mass is 19.1. The summed E-state index contributed by atoms with van der Waals surface area (Å²) in [7, 11) is 0. The Kier molecular flexibility index (Phi) is 1.61. The van der Waals surface area contributed by atoms with Gasteiger partial charge in [-0.2, -0.15) is 0 Å². The second-order valence-electron chi connectivity index (χ2n) is 3.69. The molecule has 68 valence electrons. The van der Waals surface area contributed by atoms with Crippen LogP contribution in [0.4, 0.5) is 4.39 Å². The number of hydrogen-bond acceptors (Lipinski definition) is 2. The number of carboxylic acids is 1. The van der Waals surface area contributed by atoms with E-state index in [1.165, 1.54) is 0 Å². The van der Waals surface area contributed by atoms with Gasteiger partial charge in [0.25, 0.3) is 0 Å². The SMILES string of the molecule is O=C(O)C12CCCN1C[C@H](F)C2. The zero-order chi connectivity index (χ0) is 8.77. The standard InChI is InChI=1S/C8H12FNO2/c9-6-4-8(7(11)12)2-1-3-10(8)5-6/h6H,1-5H2,(H,11,12)/t6-,8?/m1/s1. The Balaban J connectivity index is 2.26. The molecule has 2 fully saturated rings. The first kappa shape index (κ1) is 7.98. The largest absolute Gasteiger partial charge is 0.480 e. The predicted octanol–water partition coefficient (Wildman–Crippen LogP) is 0.647. The summed E-state index contributed by atoms with van der Waals surface area (Å²) in [6, 6.07) is 0. The van der Waals surface area contributed by atoms with E-state index in [0.717, 1.165) is 13.0 Å². The lowest BCUT2D eigenvalue weighted by Crippen LogP contribution is -2.45. The molecular formula is C8H12FNO2. The van der Waals surface area contributed by atoms with Gasteiger partial charge in [0.15, 0.2) is 0 Å². The monoisotopic (exact) mass is 173 g/mol. The second kappa shape index (κ2) is 2.42. The maximum atomic E-state index is 12.9. The first-order valence-electron chi connectivity index (χ1n) is 4.28. The minimum absolute atomic E-state index is 0.183. The van der Waals surface area contributed by atoms with Gasteiger partial charge in [-0.25, -0.2) is 4.39 Å². The Hall–Kier alpha value is -0.640. The normalized spacial score (nSPS) is 41.6. The van der Waals surface area contributed by atoms with Crippen molar-refractivity contribution in [2.24, 2.45) is 0 Å². The Morgan fingerprint density at radius 2 is 2.42 bits per heavy atom. The highest BCUT2D eigenvalue weighted by molar-refractivity contribution is 5.79. The van der Waals surface area contributed by atoms with Crippen molar-refractivity contribution in [3.8, 4) is 0 Å². The van der Waals surface area contributed by atoms with Crippen molar-refractivity contribution < 1.29 is 14.3 Å². The van der Waals surface area contributed by atoms with Crippen LogP contribution in [0.15, 0.2) is 0 Å². The van der Waals surface area contributed by atoms with Gasteiger partial charge in [0.1, 0.15) is 11.7 Å². The molecule has 12 heavy (non-hydrogen) atoms. The fraction of sp³-hybridized carbons (Fsp3) is 0.875. The highest BCUT2D eigenvalue weighted by Gasteiger charge is 2.54. The number of rotatable bonds is 1. The molecule has 1 N–H and O–H groups in total. The molecule has 0 aromatic heterocycles. The van der Waals surface area contributed by atoms with Crippen LogP contribution in [0.25, 0.3) is 0 Å². The minimum atomic E-state index is -0.943. The van der Waals surface area contributed by atoms with Crippen molar-refractivity contribution in [2.45, 2.75) is 31.0 Å². The lowest BCUT2D eigenvalue weighted by atomic mass is 9.94. The maximum Gasteiger partial charge on any atom is 0.324 e. The summed E-state index contributed by atoms with van der Waals surface area (Å²) < 4.78 is 12.9. The van der Waals surface area contributed by atoms with Crippen LogP contribution < -0.4 is 0 Å². The van der Waals surface area contributed by atoms with Crippen LogP contribution in [0.3, 0.4) is 0 Å². The van der Waals surface area contributed by atoms with E-state index in [2.05, 4.69) is 0 Å². The van der Waals surface area contributed by atoms with E-state index < -0.39 is 17.7 Å². The van der Waals surface area contributed by atoms with Gasteiger partial charge in [-0.3, -0.25) is 9.69 Å². The summed E-state index contributed by atoms with van der Waals surface area (Å²) >= 11 is 0. The van der Waals surface area contributed by atoms with E-state index in [0.29, 0.717) is 13.0 Å². The van der Waals surface area contributed by atoms with Crippen LogP contribution in [0, 0.1) is 0 Å². The summed E-state index contributed by atoms with van der Waals surface area (Å²) in [6.45, 7) is 1.05. The van der Waals surface area contributed by atoms with Gasteiger partial charge in [-0.15, -0.1) is 0 Å². The van der Waals surface area contributed by atoms with E-state index in [4.69, 9.17) is 5.11 Å². The molecule has 0 amide bonds. The molecule has 2 rings (SSSR count). The average Bonchev–Trinajstić information content (AvgIpc) is 2.42. The molecule has 0 radical (unpaired) electrons. The first-order chi connectivity index (χ1) is 5.65. The molecule has 0 aromatic rings. The van der Waals surface area contributed by atoms with Gasteiger partial charge in [0.2, 0.25) is 0 Å². The van der Waals surface area contributed by atoms with Crippen molar-refractivity contribution in [3.05, 3.63) is 0 Å². The van der Waals surface area contributed by atoms with Gasteiger partial charge in [0.05, 0.1) is 0 Å². The second-order valence-corrected chi connectivity index (χ2v) is 3.69. The lowest BCUT2D eigenvalue weighted by Gasteiger charge is -2.25. The fourth-order valence-corrected chi connectivity index (χ4v) is 2.43. The molecule has 3 nitrogen and oxygen atoms in total. The maximum absolute atomic E-state index is 12.9. The Morgan fingerprint density at radius 1 is 1.67 bits per heavy atom. The molecule has 2 atom stereocenters. The topological polar surface area (TPSA) is 40.5 Å². The molecule has 0 saturated carbocycles. The van der Waals surface area contributed by atoms with Crippen molar-refractivity contribution in [2.75, 3.05) is 13.1 Å². The third kappa shape index (κ3) is 0.874. The molecule has 0 aromatic carbocycles. The van der Waals surface area contributed by atoms with Crippen molar-refractivity contribution >= 4 is 5.97 Å². The van der Waals surface area contributed by atoms with E-state index in [-0.39, 0.29) is 6.42 Å². The number of alkyl halides is 1. The van der Waals surface area contributed by atoms with Gasteiger partial charge < -0.3 is 5.11 Å². The van der Waals surface area contributed by atoms with Crippen LogP contribution in [-0.4, -0.2) is 40.8 Å². The molecule has 2 aliphatic heterocycles. The van der Waals surface area contributed by atoms with Gasteiger partial charge in [-0.1, -0.05) is 0 Å². The molecule has 0 spiro atoms. The lowest BCUT2D eigenvalue weighted by molar-refractivity contribution is -0.148. The van der Waals surface area contributed by atoms with Crippen LogP contribution in [0.5, 0.6) is 0 Å². The summed E-state index contributed by atoms with van der Waals surface area (Å²) in [4.78, 5) is 12.7. The summed E-state index contributed by atoms with van der Waals surface area (Å²) in [5, 5.41) is 8.98. The van der Waals surface area contributed by atoms with E-state index >= 15 is 0 Å². The highest BCUT2D eigenvalue weighted by Crippen LogP contribution is 2.39. The molecule has 1 unspecified atom stereocenters. The van der Waals surface area contributed by atoms with Crippen LogP contribution in [0.2, 0.25) is 0 Å². The van der Waals surface area contributed by atoms with E-state index in [1.807, 2.05) is 0 Å². The Morgan fingerprint density at radius 3 is 3.00 bits per heavy atom. The van der Waals surface area contributed by atoms with Gasteiger partial charge in [0, 0.05) is 13.0 Å². The molecular weight excluding hydrogens is 161 g/mol. The number of nitrogens with zero attached hydrogens (tertiary/aromatic N) is 1. The Labute approximate surface area is 70.2 Å². The molecule has 0 bridgehead atoms. The average molecular weight is 173 g/mol. The quantitative estimate of drug-likeness (QED) is 0.632. The third-order valence-corrected chi connectivity index (χ3v) is 3.00. The smallest absolute Gasteiger partial charge is 0.324 e. The summed E-state index contributed by atoms with van der Waals surface area (Å²) in [6.07, 6.45) is 0.741. The number of carbonyl (C=O) groups is 1. The van der Waals surface area contributed by atoms with Crippen molar-refractivity contribution in [1.82, 2.24) is 4.90 Å². The number of halogens is 1. The minimum Gasteiger partial charge on any atom is -0.480 e. The van der Waals surface area contributed by atoms with E-state index in [9.17, 15) is 9.18 Å². The molecule has 2 aliphatic rings. The van der Waals surface area contributed by atoms with Crippen LogP contribution in [-0.2, 0) is 4.79 Å². The third-order valence-electron chi connectivity index (χ3n) is 3.00. The number of carboxylic acid groups (broad SMARTS) is 1. The molecule has 0 aliphatic carbocycles. The number of hydrogen-bond donors (Lipinski definition) is 1. The zero-order valence-corrected chi connectivity index (χ0v) is 6.79. The molecule has 2 saturated heterocycles. The summed E-state index contributed by atoms with van der Waals surface area (Å²) in [5.74, 6) is -0.847. The van der Waals surface area contributed by atoms with Crippen LogP contribution >= 0.6 is 0 Å². The summed E-state index contributed by atoms with van der Waals surface area (Å²) in [5.41, 5.74) is -0.848. The van der Waals surface area contributed by atoms with Crippen molar-refractivity contribution in [1.29, 1.82) is 0 Å². The zero-order valence-electron chi connectivity index (χ0n) is 6.79. The fourth-order valence-electron chi connectivity index (χ4n) is 2.43. The first-order valence-corrected chi connectivity index (χ1v) is 4.28. The van der Waals surface area contributed by atoms with Gasteiger partial charge >= 0.3 is 5.97 Å². The Bertz CT molecular complexity index is 221. The number of fused-ring (bicyclic) bond motifs is 1. The number of aliphatic carboxylic acids is 1. The molecule has 2 heterocycles. The predicted molar refractivity (Wildman–Crippen MR) is 40.7 cm³/mol. The van der Waals surface area contributed by atoms with Gasteiger partial charge in [-0.05, 0) is 19.4 Å². The van der Waals surface area contributed by atoms with E-state index in [1.54, 1.807) is 4.90 Å². The van der Waals surface area contributed by atoms with Crippen LogP contribution in [0.1, 0.15) is 19.3 Å².